The molecule has 4 nitrogen and oxygen atoms in total. The molecule has 3 rings (SSSR count). The molecule has 112 valence electrons. The summed E-state index contributed by atoms with van der Waals surface area (Å²) >= 11 is 0. The van der Waals surface area contributed by atoms with Crippen LogP contribution in [-0.2, 0) is 13.0 Å². The number of benzene rings is 1. The van der Waals surface area contributed by atoms with E-state index in [4.69, 9.17) is 4.52 Å². The zero-order valence-corrected chi connectivity index (χ0v) is 12.6. The number of aromatic nitrogens is 2. The van der Waals surface area contributed by atoms with Crippen LogP contribution in [0.2, 0.25) is 0 Å². The maximum absolute atomic E-state index is 5.30. The van der Waals surface area contributed by atoms with E-state index in [2.05, 4.69) is 34.5 Å². The molecule has 0 saturated heterocycles. The Morgan fingerprint density at radius 1 is 1.24 bits per heavy atom. The van der Waals surface area contributed by atoms with Crippen LogP contribution in [0, 0.1) is 11.8 Å². The van der Waals surface area contributed by atoms with Gasteiger partial charge in [0, 0.05) is 6.42 Å². The van der Waals surface area contributed by atoms with Crippen molar-refractivity contribution in [3.05, 3.63) is 47.6 Å². The average Bonchev–Trinajstić information content (AvgIpc) is 3.10. The molecule has 1 heterocycles. The summed E-state index contributed by atoms with van der Waals surface area (Å²) in [5.74, 6) is 3.09. The second-order valence-corrected chi connectivity index (χ2v) is 6.07. The lowest BCUT2D eigenvalue weighted by Crippen LogP contribution is -2.24. The van der Waals surface area contributed by atoms with E-state index in [1.807, 2.05) is 18.2 Å². The van der Waals surface area contributed by atoms with Crippen molar-refractivity contribution in [2.75, 3.05) is 6.54 Å². The summed E-state index contributed by atoms with van der Waals surface area (Å²) in [6, 6.07) is 10.2. The van der Waals surface area contributed by atoms with Crippen LogP contribution in [0.4, 0.5) is 0 Å². The van der Waals surface area contributed by atoms with E-state index in [0.29, 0.717) is 12.4 Å². The first-order valence-corrected chi connectivity index (χ1v) is 7.87. The first kappa shape index (κ1) is 14.3. The fourth-order valence-corrected chi connectivity index (χ4v) is 3.10. The van der Waals surface area contributed by atoms with Gasteiger partial charge in [-0.15, -0.1) is 0 Å². The van der Waals surface area contributed by atoms with Crippen LogP contribution in [0.15, 0.2) is 34.9 Å². The van der Waals surface area contributed by atoms with Crippen LogP contribution in [0.25, 0.3) is 0 Å². The molecule has 1 aliphatic rings. The van der Waals surface area contributed by atoms with Crippen molar-refractivity contribution in [1.82, 2.24) is 15.5 Å². The molecule has 0 spiro atoms. The minimum atomic E-state index is 0.672. The molecule has 21 heavy (non-hydrogen) atoms. The Bertz CT molecular complexity index is 552. The zero-order chi connectivity index (χ0) is 14.5. The van der Waals surface area contributed by atoms with Gasteiger partial charge < -0.3 is 9.84 Å². The monoisotopic (exact) mass is 285 g/mol. The molecule has 1 fully saturated rings. The molecule has 0 radical (unpaired) electrons. The van der Waals surface area contributed by atoms with E-state index >= 15 is 0 Å². The topological polar surface area (TPSA) is 51.0 Å². The van der Waals surface area contributed by atoms with Crippen LogP contribution >= 0.6 is 0 Å². The Morgan fingerprint density at radius 2 is 2.10 bits per heavy atom. The summed E-state index contributed by atoms with van der Waals surface area (Å²) in [7, 11) is 0. The fraction of sp³-hybridized carbons (Fsp3) is 0.529. The number of hydrogen-bond donors (Lipinski definition) is 1. The van der Waals surface area contributed by atoms with Crippen LogP contribution in [0.3, 0.4) is 0 Å². The normalized spacial score (nSPS) is 21.8. The van der Waals surface area contributed by atoms with Gasteiger partial charge in [0.1, 0.15) is 0 Å². The SMILES string of the molecule is CC1CCCC1CNCc1nc(Cc2ccccc2)no1. The molecule has 1 saturated carbocycles. The van der Waals surface area contributed by atoms with E-state index < -0.39 is 0 Å². The summed E-state index contributed by atoms with van der Waals surface area (Å²) in [6.07, 6.45) is 4.81. The summed E-state index contributed by atoms with van der Waals surface area (Å²) in [5, 5.41) is 7.51. The van der Waals surface area contributed by atoms with Crippen LogP contribution in [-0.4, -0.2) is 16.7 Å². The minimum Gasteiger partial charge on any atom is -0.338 e. The van der Waals surface area contributed by atoms with E-state index in [-0.39, 0.29) is 0 Å². The van der Waals surface area contributed by atoms with Gasteiger partial charge in [-0.2, -0.15) is 4.98 Å². The van der Waals surface area contributed by atoms with Crippen LogP contribution in [0.5, 0.6) is 0 Å². The van der Waals surface area contributed by atoms with E-state index in [0.717, 1.165) is 30.6 Å². The molecule has 1 aromatic heterocycles. The molecule has 0 aliphatic heterocycles. The average molecular weight is 285 g/mol. The van der Waals surface area contributed by atoms with Gasteiger partial charge in [-0.25, -0.2) is 0 Å². The summed E-state index contributed by atoms with van der Waals surface area (Å²) < 4.78 is 5.30. The van der Waals surface area contributed by atoms with Crippen molar-refractivity contribution in [2.24, 2.45) is 11.8 Å². The minimum absolute atomic E-state index is 0.672. The molecule has 1 aliphatic carbocycles. The lowest BCUT2D eigenvalue weighted by Gasteiger charge is -2.14. The lowest BCUT2D eigenvalue weighted by molar-refractivity contribution is 0.343. The molecule has 4 heteroatoms. The van der Waals surface area contributed by atoms with Gasteiger partial charge in [0.25, 0.3) is 0 Å². The molecule has 2 unspecified atom stereocenters. The maximum atomic E-state index is 5.30. The van der Waals surface area contributed by atoms with Crippen molar-refractivity contribution in [1.29, 1.82) is 0 Å². The molecule has 2 atom stereocenters. The number of hydrogen-bond acceptors (Lipinski definition) is 4. The standard InChI is InChI=1S/C17H23N3O/c1-13-6-5-9-15(13)11-18-12-17-19-16(20-21-17)10-14-7-3-2-4-8-14/h2-4,7-8,13,15,18H,5-6,9-12H2,1H3. The van der Waals surface area contributed by atoms with E-state index in [1.54, 1.807) is 0 Å². The largest absolute Gasteiger partial charge is 0.338 e. The van der Waals surface area contributed by atoms with Crippen LogP contribution < -0.4 is 5.32 Å². The van der Waals surface area contributed by atoms with Crippen molar-refractivity contribution in [3.8, 4) is 0 Å². The molecular formula is C17H23N3O. The molecular weight excluding hydrogens is 262 g/mol. The predicted molar refractivity (Wildman–Crippen MR) is 81.8 cm³/mol. The van der Waals surface area contributed by atoms with Crippen molar-refractivity contribution < 1.29 is 4.52 Å². The summed E-state index contributed by atoms with van der Waals surface area (Å²) in [5.41, 5.74) is 1.21. The van der Waals surface area contributed by atoms with Gasteiger partial charge in [0.15, 0.2) is 5.82 Å². The van der Waals surface area contributed by atoms with Gasteiger partial charge in [0.2, 0.25) is 5.89 Å². The van der Waals surface area contributed by atoms with Crippen molar-refractivity contribution in [2.45, 2.75) is 39.2 Å². The maximum Gasteiger partial charge on any atom is 0.240 e. The summed E-state index contributed by atoms with van der Waals surface area (Å²) in [6.45, 7) is 4.08. The van der Waals surface area contributed by atoms with E-state index in [9.17, 15) is 0 Å². The Morgan fingerprint density at radius 3 is 2.86 bits per heavy atom. The quantitative estimate of drug-likeness (QED) is 0.885. The number of nitrogens with one attached hydrogen (secondary N) is 1. The van der Waals surface area contributed by atoms with Crippen molar-refractivity contribution in [3.63, 3.8) is 0 Å². The first-order chi connectivity index (χ1) is 10.3. The van der Waals surface area contributed by atoms with Gasteiger partial charge in [-0.1, -0.05) is 55.3 Å². The Balaban J connectivity index is 1.46. The molecule has 1 aromatic carbocycles. The molecule has 0 amide bonds. The lowest BCUT2D eigenvalue weighted by atomic mass is 9.98. The Hall–Kier alpha value is -1.68. The Labute approximate surface area is 126 Å². The highest BCUT2D eigenvalue weighted by atomic mass is 16.5. The second kappa shape index (κ2) is 6.85. The molecule has 0 bridgehead atoms. The van der Waals surface area contributed by atoms with Crippen LogP contribution in [0.1, 0.15) is 43.5 Å². The highest BCUT2D eigenvalue weighted by molar-refractivity contribution is 5.18. The number of nitrogens with zero attached hydrogens (tertiary/aromatic N) is 2. The smallest absolute Gasteiger partial charge is 0.240 e. The van der Waals surface area contributed by atoms with Gasteiger partial charge in [-0.05, 0) is 30.4 Å². The molecule has 2 aromatic rings. The number of rotatable bonds is 6. The van der Waals surface area contributed by atoms with Gasteiger partial charge in [0.05, 0.1) is 6.54 Å². The van der Waals surface area contributed by atoms with E-state index in [1.165, 1.54) is 24.8 Å². The zero-order valence-electron chi connectivity index (χ0n) is 12.6. The summed E-state index contributed by atoms with van der Waals surface area (Å²) in [4.78, 5) is 4.45. The Kier molecular flexibility index (Phi) is 4.65. The fourth-order valence-electron chi connectivity index (χ4n) is 3.10. The predicted octanol–water partition coefficient (Wildman–Crippen LogP) is 3.19. The highest BCUT2D eigenvalue weighted by Gasteiger charge is 2.22. The third-order valence-corrected chi connectivity index (χ3v) is 4.44. The molecule has 1 N–H and O–H groups in total. The first-order valence-electron chi connectivity index (χ1n) is 7.87. The second-order valence-electron chi connectivity index (χ2n) is 6.07. The van der Waals surface area contributed by atoms with Gasteiger partial charge in [-0.3, -0.25) is 0 Å². The van der Waals surface area contributed by atoms with Gasteiger partial charge >= 0.3 is 0 Å². The van der Waals surface area contributed by atoms with Crippen molar-refractivity contribution >= 4 is 0 Å². The third kappa shape index (κ3) is 3.91. The third-order valence-electron chi connectivity index (χ3n) is 4.44. The highest BCUT2D eigenvalue weighted by Crippen LogP contribution is 2.30.